The van der Waals surface area contributed by atoms with E-state index >= 15 is 0 Å². The molecular formula is C14H25ClN2S. The molecule has 0 aliphatic rings. The van der Waals surface area contributed by atoms with Crippen LogP contribution in [-0.4, -0.2) is 31.1 Å². The highest BCUT2D eigenvalue weighted by atomic mass is 35.5. The molecule has 1 aromatic heterocycles. The summed E-state index contributed by atoms with van der Waals surface area (Å²) in [7, 11) is 2.17. The Balaban J connectivity index is 2.22. The SMILES string of the molecule is CC(C)CCNCC(C)N(C)Cc1ccc(Cl)s1. The van der Waals surface area contributed by atoms with Crippen LogP contribution in [0.15, 0.2) is 12.1 Å². The molecule has 1 heterocycles. The highest BCUT2D eigenvalue weighted by molar-refractivity contribution is 7.16. The number of nitrogens with zero attached hydrogens (tertiary/aromatic N) is 1. The Morgan fingerprint density at radius 1 is 1.33 bits per heavy atom. The second-order valence-corrected chi connectivity index (χ2v) is 7.16. The van der Waals surface area contributed by atoms with E-state index in [0.717, 1.165) is 29.9 Å². The molecule has 2 nitrogen and oxygen atoms in total. The van der Waals surface area contributed by atoms with E-state index in [0.29, 0.717) is 6.04 Å². The summed E-state index contributed by atoms with van der Waals surface area (Å²) in [5.41, 5.74) is 0. The molecule has 0 saturated heterocycles. The molecule has 1 atom stereocenters. The molecule has 0 aliphatic heterocycles. The molecular weight excluding hydrogens is 264 g/mol. The number of rotatable bonds is 8. The van der Waals surface area contributed by atoms with Gasteiger partial charge in [0.05, 0.1) is 4.34 Å². The van der Waals surface area contributed by atoms with Crippen molar-refractivity contribution < 1.29 is 0 Å². The molecule has 1 aromatic rings. The Morgan fingerprint density at radius 2 is 2.06 bits per heavy atom. The van der Waals surface area contributed by atoms with E-state index < -0.39 is 0 Å². The van der Waals surface area contributed by atoms with E-state index in [-0.39, 0.29) is 0 Å². The zero-order valence-electron chi connectivity index (χ0n) is 11.9. The predicted octanol–water partition coefficient (Wildman–Crippen LogP) is 3.86. The van der Waals surface area contributed by atoms with Crippen LogP contribution in [0, 0.1) is 5.92 Å². The first-order valence-electron chi connectivity index (χ1n) is 6.64. The minimum absolute atomic E-state index is 0.540. The van der Waals surface area contributed by atoms with Crippen LogP contribution >= 0.6 is 22.9 Å². The van der Waals surface area contributed by atoms with Crippen LogP contribution in [0.4, 0.5) is 0 Å². The summed E-state index contributed by atoms with van der Waals surface area (Å²) >= 11 is 7.61. The molecule has 0 saturated carbocycles. The van der Waals surface area contributed by atoms with Gasteiger partial charge in [-0.3, -0.25) is 4.90 Å². The molecule has 0 amide bonds. The van der Waals surface area contributed by atoms with E-state index in [4.69, 9.17) is 11.6 Å². The lowest BCUT2D eigenvalue weighted by Crippen LogP contribution is -2.37. The second kappa shape index (κ2) is 8.16. The molecule has 0 bridgehead atoms. The number of likely N-dealkylation sites (N-methyl/N-ethyl adjacent to an activating group) is 1. The zero-order valence-corrected chi connectivity index (χ0v) is 13.4. The third-order valence-electron chi connectivity index (χ3n) is 3.12. The maximum absolute atomic E-state index is 5.94. The Morgan fingerprint density at radius 3 is 2.61 bits per heavy atom. The van der Waals surface area contributed by atoms with Gasteiger partial charge in [0.25, 0.3) is 0 Å². The maximum atomic E-state index is 5.94. The van der Waals surface area contributed by atoms with Crippen molar-refractivity contribution in [3.63, 3.8) is 0 Å². The van der Waals surface area contributed by atoms with Gasteiger partial charge >= 0.3 is 0 Å². The van der Waals surface area contributed by atoms with E-state index in [1.165, 1.54) is 11.3 Å². The summed E-state index contributed by atoms with van der Waals surface area (Å²) in [6, 6.07) is 4.63. The summed E-state index contributed by atoms with van der Waals surface area (Å²) in [5, 5.41) is 3.52. The third-order valence-corrected chi connectivity index (χ3v) is 4.34. The Kier molecular flexibility index (Phi) is 7.23. The zero-order chi connectivity index (χ0) is 13.5. The van der Waals surface area contributed by atoms with E-state index in [1.54, 1.807) is 11.3 Å². The van der Waals surface area contributed by atoms with Gasteiger partial charge in [-0.15, -0.1) is 11.3 Å². The first-order valence-corrected chi connectivity index (χ1v) is 7.83. The maximum Gasteiger partial charge on any atom is 0.0931 e. The molecule has 0 aliphatic carbocycles. The monoisotopic (exact) mass is 288 g/mol. The first kappa shape index (κ1) is 16.0. The summed E-state index contributed by atoms with van der Waals surface area (Å²) in [5.74, 6) is 0.777. The van der Waals surface area contributed by atoms with Crippen molar-refractivity contribution in [1.82, 2.24) is 10.2 Å². The van der Waals surface area contributed by atoms with Crippen LogP contribution in [0.2, 0.25) is 4.34 Å². The lowest BCUT2D eigenvalue weighted by Gasteiger charge is -2.24. The number of hydrogen-bond acceptors (Lipinski definition) is 3. The number of thiophene rings is 1. The molecule has 4 heteroatoms. The molecule has 0 spiro atoms. The van der Waals surface area contributed by atoms with Gasteiger partial charge in [-0.1, -0.05) is 25.4 Å². The van der Waals surface area contributed by atoms with Crippen molar-refractivity contribution in [3.05, 3.63) is 21.3 Å². The summed E-state index contributed by atoms with van der Waals surface area (Å²) < 4.78 is 0.876. The van der Waals surface area contributed by atoms with Crippen LogP contribution in [0.25, 0.3) is 0 Å². The summed E-state index contributed by atoms with van der Waals surface area (Å²) in [4.78, 5) is 3.70. The molecule has 0 radical (unpaired) electrons. The van der Waals surface area contributed by atoms with Crippen LogP contribution in [0.3, 0.4) is 0 Å². The van der Waals surface area contributed by atoms with Gasteiger partial charge in [0, 0.05) is 24.0 Å². The largest absolute Gasteiger partial charge is 0.315 e. The first-order chi connectivity index (χ1) is 8.49. The van der Waals surface area contributed by atoms with Gasteiger partial charge in [-0.25, -0.2) is 0 Å². The molecule has 1 N–H and O–H groups in total. The minimum Gasteiger partial charge on any atom is -0.315 e. The summed E-state index contributed by atoms with van der Waals surface area (Å²) in [6.45, 7) is 9.92. The Labute approximate surface area is 120 Å². The van der Waals surface area contributed by atoms with Gasteiger partial charge in [0.1, 0.15) is 0 Å². The molecule has 1 rings (SSSR count). The minimum atomic E-state index is 0.540. The topological polar surface area (TPSA) is 15.3 Å². The molecule has 104 valence electrons. The highest BCUT2D eigenvalue weighted by Gasteiger charge is 2.10. The van der Waals surface area contributed by atoms with Crippen molar-refractivity contribution >= 4 is 22.9 Å². The second-order valence-electron chi connectivity index (χ2n) is 5.36. The van der Waals surface area contributed by atoms with Crippen molar-refractivity contribution in [1.29, 1.82) is 0 Å². The number of nitrogens with one attached hydrogen (secondary N) is 1. The quantitative estimate of drug-likeness (QED) is 0.731. The van der Waals surface area contributed by atoms with Crippen molar-refractivity contribution in [2.75, 3.05) is 20.1 Å². The van der Waals surface area contributed by atoms with Crippen molar-refractivity contribution in [2.45, 2.75) is 39.8 Å². The van der Waals surface area contributed by atoms with Gasteiger partial charge < -0.3 is 5.32 Å². The molecule has 1 unspecified atom stereocenters. The van der Waals surface area contributed by atoms with Crippen LogP contribution in [0.1, 0.15) is 32.1 Å². The van der Waals surface area contributed by atoms with E-state index in [9.17, 15) is 0 Å². The van der Waals surface area contributed by atoms with Gasteiger partial charge in [0.15, 0.2) is 0 Å². The third kappa shape index (κ3) is 6.19. The lowest BCUT2D eigenvalue weighted by atomic mass is 10.1. The smallest absolute Gasteiger partial charge is 0.0931 e. The normalized spacial score (nSPS) is 13.5. The summed E-state index contributed by atoms with van der Waals surface area (Å²) in [6.07, 6.45) is 1.25. The van der Waals surface area contributed by atoms with E-state index in [1.807, 2.05) is 6.07 Å². The predicted molar refractivity (Wildman–Crippen MR) is 82.6 cm³/mol. The Hall–Kier alpha value is -0.0900. The molecule has 0 fully saturated rings. The number of halogens is 1. The van der Waals surface area contributed by atoms with Crippen molar-refractivity contribution in [2.24, 2.45) is 5.92 Å². The fourth-order valence-electron chi connectivity index (χ4n) is 1.70. The standard InChI is InChI=1S/C14H25ClN2S/c1-11(2)7-8-16-9-12(3)17(4)10-13-5-6-14(15)18-13/h5-6,11-12,16H,7-10H2,1-4H3. The van der Waals surface area contributed by atoms with Crippen LogP contribution in [0.5, 0.6) is 0 Å². The lowest BCUT2D eigenvalue weighted by molar-refractivity contribution is 0.244. The highest BCUT2D eigenvalue weighted by Crippen LogP contribution is 2.22. The molecule has 0 aromatic carbocycles. The van der Waals surface area contributed by atoms with E-state index in [2.05, 4.69) is 44.1 Å². The van der Waals surface area contributed by atoms with Crippen LogP contribution < -0.4 is 5.32 Å². The molecule has 18 heavy (non-hydrogen) atoms. The number of hydrogen-bond donors (Lipinski definition) is 1. The van der Waals surface area contributed by atoms with Gasteiger partial charge in [-0.05, 0) is 45.0 Å². The van der Waals surface area contributed by atoms with Crippen molar-refractivity contribution in [3.8, 4) is 0 Å². The Bertz CT molecular complexity index is 338. The average molecular weight is 289 g/mol. The fraction of sp³-hybridized carbons (Fsp3) is 0.714. The van der Waals surface area contributed by atoms with Gasteiger partial charge in [0.2, 0.25) is 0 Å². The van der Waals surface area contributed by atoms with Crippen LogP contribution in [-0.2, 0) is 6.54 Å². The van der Waals surface area contributed by atoms with Gasteiger partial charge in [-0.2, -0.15) is 0 Å². The average Bonchev–Trinajstić information content (AvgIpc) is 2.69. The fourth-order valence-corrected chi connectivity index (χ4v) is 2.85.